The number of benzene rings is 1. The van der Waals surface area contributed by atoms with Crippen LogP contribution in [-0.2, 0) is 14.3 Å². The minimum atomic E-state index is -0.148. The Labute approximate surface area is 121 Å². The lowest BCUT2D eigenvalue weighted by Gasteiger charge is -2.23. The summed E-state index contributed by atoms with van der Waals surface area (Å²) >= 11 is 3.47. The molecule has 19 heavy (non-hydrogen) atoms. The van der Waals surface area contributed by atoms with E-state index in [9.17, 15) is 0 Å². The summed E-state index contributed by atoms with van der Waals surface area (Å²) in [5.41, 5.74) is 1.25. The van der Waals surface area contributed by atoms with Gasteiger partial charge < -0.3 is 9.47 Å². The number of nitrogens with zero attached hydrogens (tertiary/aromatic N) is 1. The number of hydrogen-bond donors (Lipinski definition) is 0. The first-order valence-corrected chi connectivity index (χ1v) is 7.32. The molecule has 2 saturated heterocycles. The molecule has 4 unspecified atom stereocenters. The van der Waals surface area contributed by atoms with Crippen molar-refractivity contribution in [2.45, 2.75) is 25.4 Å². The molecule has 1 aromatic rings. The van der Waals surface area contributed by atoms with Crippen molar-refractivity contribution >= 4 is 15.9 Å². The summed E-state index contributed by atoms with van der Waals surface area (Å²) in [4.78, 5) is 5.91. The third kappa shape index (κ3) is 2.71. The SMILES string of the molecule is CC1OCC2ON(C)C(c3ccc(Br)cc3)C2CO1. The van der Waals surface area contributed by atoms with E-state index in [0.29, 0.717) is 19.1 Å². The molecule has 2 aliphatic heterocycles. The predicted molar refractivity (Wildman–Crippen MR) is 74.4 cm³/mol. The minimum absolute atomic E-state index is 0.0728. The smallest absolute Gasteiger partial charge is 0.154 e. The average molecular weight is 328 g/mol. The van der Waals surface area contributed by atoms with Crippen molar-refractivity contribution in [3.8, 4) is 0 Å². The molecule has 0 bridgehead atoms. The summed E-state index contributed by atoms with van der Waals surface area (Å²) in [6, 6.07) is 8.60. The lowest BCUT2D eigenvalue weighted by molar-refractivity contribution is -0.180. The zero-order chi connectivity index (χ0) is 13.4. The maximum absolute atomic E-state index is 5.91. The van der Waals surface area contributed by atoms with Crippen molar-refractivity contribution < 1.29 is 14.3 Å². The van der Waals surface area contributed by atoms with Crippen molar-refractivity contribution in [3.05, 3.63) is 34.3 Å². The predicted octanol–water partition coefficient (Wildman–Crippen LogP) is 2.74. The van der Waals surface area contributed by atoms with Gasteiger partial charge in [0.05, 0.1) is 19.3 Å². The van der Waals surface area contributed by atoms with Gasteiger partial charge in [0.1, 0.15) is 6.10 Å². The second-order valence-corrected chi connectivity index (χ2v) is 6.00. The van der Waals surface area contributed by atoms with Gasteiger partial charge in [-0.1, -0.05) is 28.1 Å². The molecule has 0 saturated carbocycles. The van der Waals surface area contributed by atoms with E-state index >= 15 is 0 Å². The van der Waals surface area contributed by atoms with Gasteiger partial charge in [0.15, 0.2) is 6.29 Å². The third-order valence-electron chi connectivity index (χ3n) is 3.81. The van der Waals surface area contributed by atoms with Gasteiger partial charge in [-0.2, -0.15) is 5.06 Å². The van der Waals surface area contributed by atoms with Gasteiger partial charge in [0.25, 0.3) is 0 Å². The Morgan fingerprint density at radius 2 is 1.84 bits per heavy atom. The molecule has 1 aromatic carbocycles. The Kier molecular flexibility index (Phi) is 3.91. The summed E-state index contributed by atoms with van der Waals surface area (Å²) in [5.74, 6) is 0.302. The summed E-state index contributed by atoms with van der Waals surface area (Å²) in [6.45, 7) is 3.18. The number of hydrogen-bond acceptors (Lipinski definition) is 4. The van der Waals surface area contributed by atoms with E-state index in [1.54, 1.807) is 0 Å². The number of halogens is 1. The Morgan fingerprint density at radius 1 is 1.16 bits per heavy atom. The van der Waals surface area contributed by atoms with Crippen LogP contribution in [0.3, 0.4) is 0 Å². The van der Waals surface area contributed by atoms with Crippen LogP contribution in [-0.4, -0.2) is 37.7 Å². The van der Waals surface area contributed by atoms with Crippen LogP contribution in [0.4, 0.5) is 0 Å². The van der Waals surface area contributed by atoms with Crippen LogP contribution in [0.5, 0.6) is 0 Å². The first-order valence-electron chi connectivity index (χ1n) is 6.53. The molecule has 104 valence electrons. The molecule has 2 fully saturated rings. The van der Waals surface area contributed by atoms with E-state index in [4.69, 9.17) is 14.3 Å². The fourth-order valence-corrected chi connectivity index (χ4v) is 3.09. The van der Waals surface area contributed by atoms with Gasteiger partial charge in [0.2, 0.25) is 0 Å². The van der Waals surface area contributed by atoms with Crippen LogP contribution < -0.4 is 0 Å². The summed E-state index contributed by atoms with van der Waals surface area (Å²) in [5, 5.41) is 1.93. The molecule has 0 spiro atoms. The average Bonchev–Trinajstić information content (AvgIpc) is 2.60. The Morgan fingerprint density at radius 3 is 2.58 bits per heavy atom. The normalized spacial score (nSPS) is 35.9. The molecule has 0 amide bonds. The Balaban J connectivity index is 1.85. The molecule has 0 radical (unpaired) electrons. The molecule has 4 atom stereocenters. The van der Waals surface area contributed by atoms with Crippen molar-refractivity contribution in [3.63, 3.8) is 0 Å². The maximum Gasteiger partial charge on any atom is 0.154 e. The molecule has 2 aliphatic rings. The zero-order valence-corrected chi connectivity index (χ0v) is 12.7. The minimum Gasteiger partial charge on any atom is -0.353 e. The van der Waals surface area contributed by atoms with Gasteiger partial charge in [-0.3, -0.25) is 4.84 Å². The van der Waals surface area contributed by atoms with Crippen LogP contribution in [0.1, 0.15) is 18.5 Å². The number of hydroxylamine groups is 2. The van der Waals surface area contributed by atoms with Crippen molar-refractivity contribution in [2.75, 3.05) is 20.3 Å². The lowest BCUT2D eigenvalue weighted by atomic mass is 9.90. The number of ether oxygens (including phenoxy) is 2. The number of fused-ring (bicyclic) bond motifs is 1. The molecule has 5 heteroatoms. The van der Waals surface area contributed by atoms with E-state index in [1.807, 2.05) is 19.0 Å². The molecule has 4 nitrogen and oxygen atoms in total. The molecule has 0 N–H and O–H groups in total. The number of rotatable bonds is 1. The van der Waals surface area contributed by atoms with Gasteiger partial charge in [-0.25, -0.2) is 0 Å². The monoisotopic (exact) mass is 327 g/mol. The van der Waals surface area contributed by atoms with Gasteiger partial charge in [0, 0.05) is 17.4 Å². The fourth-order valence-electron chi connectivity index (χ4n) is 2.82. The van der Waals surface area contributed by atoms with E-state index in [1.165, 1.54) is 5.56 Å². The van der Waals surface area contributed by atoms with E-state index < -0.39 is 0 Å². The lowest BCUT2D eigenvalue weighted by Crippen LogP contribution is -2.25. The molecule has 0 aromatic heterocycles. The van der Waals surface area contributed by atoms with Gasteiger partial charge in [-0.15, -0.1) is 0 Å². The Bertz CT molecular complexity index is 439. The highest BCUT2D eigenvalue weighted by Crippen LogP contribution is 2.40. The highest BCUT2D eigenvalue weighted by molar-refractivity contribution is 9.10. The van der Waals surface area contributed by atoms with Crippen LogP contribution in [0, 0.1) is 5.92 Å². The van der Waals surface area contributed by atoms with Crippen LogP contribution in [0.25, 0.3) is 0 Å². The quantitative estimate of drug-likeness (QED) is 0.793. The molecule has 0 aliphatic carbocycles. The largest absolute Gasteiger partial charge is 0.353 e. The molecular formula is C14H18BrNO3. The first kappa shape index (κ1) is 13.5. The topological polar surface area (TPSA) is 30.9 Å². The zero-order valence-electron chi connectivity index (χ0n) is 11.1. The van der Waals surface area contributed by atoms with Gasteiger partial charge >= 0.3 is 0 Å². The van der Waals surface area contributed by atoms with Crippen molar-refractivity contribution in [2.24, 2.45) is 5.92 Å². The molecular weight excluding hydrogens is 310 g/mol. The van der Waals surface area contributed by atoms with Crippen LogP contribution in [0.2, 0.25) is 0 Å². The molecule has 3 rings (SSSR count). The maximum atomic E-state index is 5.91. The van der Waals surface area contributed by atoms with Crippen molar-refractivity contribution in [1.29, 1.82) is 0 Å². The Hall–Kier alpha value is -0.460. The van der Waals surface area contributed by atoms with E-state index in [2.05, 4.69) is 40.2 Å². The summed E-state index contributed by atoms with van der Waals surface area (Å²) in [6.07, 6.45) is -0.0753. The summed E-state index contributed by atoms with van der Waals surface area (Å²) < 4.78 is 12.4. The van der Waals surface area contributed by atoms with E-state index in [-0.39, 0.29) is 18.4 Å². The third-order valence-corrected chi connectivity index (χ3v) is 4.34. The van der Waals surface area contributed by atoms with Crippen molar-refractivity contribution in [1.82, 2.24) is 5.06 Å². The summed E-state index contributed by atoms with van der Waals surface area (Å²) in [7, 11) is 1.98. The van der Waals surface area contributed by atoms with Gasteiger partial charge in [-0.05, 0) is 24.6 Å². The fraction of sp³-hybridized carbons (Fsp3) is 0.571. The van der Waals surface area contributed by atoms with Crippen LogP contribution in [0.15, 0.2) is 28.7 Å². The highest BCUT2D eigenvalue weighted by atomic mass is 79.9. The molecule has 2 heterocycles. The second-order valence-electron chi connectivity index (χ2n) is 5.08. The first-order chi connectivity index (χ1) is 9.15. The highest BCUT2D eigenvalue weighted by Gasteiger charge is 2.44. The van der Waals surface area contributed by atoms with E-state index in [0.717, 1.165) is 4.47 Å². The second kappa shape index (κ2) is 5.50. The standard InChI is InChI=1S/C14H18BrNO3/c1-9-17-7-12-13(8-18-9)19-16(2)14(12)10-3-5-11(15)6-4-10/h3-6,9,12-14H,7-8H2,1-2H3. The van der Waals surface area contributed by atoms with Crippen LogP contribution >= 0.6 is 15.9 Å².